The average molecular weight is 401 g/mol. The first-order valence-electron chi connectivity index (χ1n) is 6.22. The molecular formula is C15H12Br2FNO. The van der Waals surface area contributed by atoms with Crippen LogP contribution in [0.1, 0.15) is 22.7 Å². The molecule has 1 atom stereocenters. The minimum Gasteiger partial charge on any atom is -0.493 e. The molecular weight excluding hydrogens is 389 g/mol. The molecule has 1 unspecified atom stereocenters. The molecule has 0 amide bonds. The quantitative estimate of drug-likeness (QED) is 0.813. The average Bonchev–Trinajstić information content (AvgIpc) is 2.85. The molecule has 0 saturated heterocycles. The fourth-order valence-corrected chi connectivity index (χ4v) is 3.60. The molecule has 5 heteroatoms. The fourth-order valence-electron chi connectivity index (χ4n) is 2.49. The zero-order valence-electron chi connectivity index (χ0n) is 10.5. The van der Waals surface area contributed by atoms with Crippen LogP contribution >= 0.6 is 31.9 Å². The number of ether oxygens (including phenoxy) is 1. The van der Waals surface area contributed by atoms with Gasteiger partial charge >= 0.3 is 0 Å². The number of benzene rings is 2. The predicted molar refractivity (Wildman–Crippen MR) is 83.5 cm³/mol. The summed E-state index contributed by atoms with van der Waals surface area (Å²) in [4.78, 5) is 0. The van der Waals surface area contributed by atoms with E-state index >= 15 is 0 Å². The molecule has 0 bridgehead atoms. The van der Waals surface area contributed by atoms with E-state index < -0.39 is 6.04 Å². The number of halogens is 3. The van der Waals surface area contributed by atoms with Crippen LogP contribution in [-0.2, 0) is 6.42 Å². The van der Waals surface area contributed by atoms with Gasteiger partial charge in [-0.3, -0.25) is 0 Å². The van der Waals surface area contributed by atoms with Crippen LogP contribution in [0.25, 0.3) is 0 Å². The summed E-state index contributed by atoms with van der Waals surface area (Å²) < 4.78 is 21.3. The van der Waals surface area contributed by atoms with E-state index in [1.165, 1.54) is 6.07 Å². The van der Waals surface area contributed by atoms with Gasteiger partial charge in [-0.15, -0.1) is 0 Å². The second kappa shape index (κ2) is 5.47. The second-order valence-corrected chi connectivity index (χ2v) is 6.46. The largest absolute Gasteiger partial charge is 0.493 e. The fraction of sp³-hybridized carbons (Fsp3) is 0.200. The van der Waals surface area contributed by atoms with Crippen LogP contribution in [-0.4, -0.2) is 6.61 Å². The van der Waals surface area contributed by atoms with Crippen molar-refractivity contribution in [2.24, 2.45) is 5.73 Å². The molecule has 0 aromatic heterocycles. The topological polar surface area (TPSA) is 35.2 Å². The van der Waals surface area contributed by atoms with E-state index in [0.717, 1.165) is 27.8 Å². The molecule has 104 valence electrons. The van der Waals surface area contributed by atoms with Gasteiger partial charge in [0.25, 0.3) is 0 Å². The highest BCUT2D eigenvalue weighted by atomic mass is 79.9. The Balaban J connectivity index is 2.14. The summed E-state index contributed by atoms with van der Waals surface area (Å²) in [7, 11) is 0. The van der Waals surface area contributed by atoms with Crippen molar-refractivity contribution in [2.75, 3.05) is 6.61 Å². The molecule has 20 heavy (non-hydrogen) atoms. The van der Waals surface area contributed by atoms with E-state index in [-0.39, 0.29) is 5.82 Å². The van der Waals surface area contributed by atoms with Crippen molar-refractivity contribution in [1.29, 1.82) is 0 Å². The third kappa shape index (κ3) is 2.38. The second-order valence-electron chi connectivity index (χ2n) is 4.69. The molecule has 2 nitrogen and oxygen atoms in total. The number of rotatable bonds is 2. The first kappa shape index (κ1) is 14.0. The molecule has 2 aromatic rings. The summed E-state index contributed by atoms with van der Waals surface area (Å²) in [6.07, 6.45) is 0.854. The van der Waals surface area contributed by atoms with Crippen LogP contribution in [0.2, 0.25) is 0 Å². The zero-order chi connectivity index (χ0) is 14.3. The van der Waals surface area contributed by atoms with Gasteiger partial charge in [0.1, 0.15) is 11.6 Å². The zero-order valence-corrected chi connectivity index (χ0v) is 13.7. The SMILES string of the molecule is NC(c1cc(Br)cc2c1OCC2)c1c(F)cccc1Br. The molecule has 0 radical (unpaired) electrons. The molecule has 1 heterocycles. The van der Waals surface area contributed by atoms with Crippen molar-refractivity contribution >= 4 is 31.9 Å². The third-order valence-corrected chi connectivity index (χ3v) is 4.57. The molecule has 2 N–H and O–H groups in total. The minimum atomic E-state index is -0.574. The van der Waals surface area contributed by atoms with Crippen molar-refractivity contribution in [3.63, 3.8) is 0 Å². The van der Waals surface area contributed by atoms with Gasteiger partial charge in [-0.2, -0.15) is 0 Å². The Hall–Kier alpha value is -0.910. The molecule has 2 aromatic carbocycles. The van der Waals surface area contributed by atoms with Crippen LogP contribution in [0.3, 0.4) is 0 Å². The van der Waals surface area contributed by atoms with Gasteiger partial charge in [0.05, 0.1) is 12.6 Å². The highest BCUT2D eigenvalue weighted by Crippen LogP contribution is 2.39. The van der Waals surface area contributed by atoms with E-state index in [1.54, 1.807) is 12.1 Å². The summed E-state index contributed by atoms with van der Waals surface area (Å²) in [6.45, 7) is 0.643. The Morgan fingerprint density at radius 2 is 2.05 bits per heavy atom. The van der Waals surface area contributed by atoms with Crippen LogP contribution in [0.4, 0.5) is 4.39 Å². The molecule has 1 aliphatic rings. The van der Waals surface area contributed by atoms with Gasteiger partial charge in [-0.1, -0.05) is 37.9 Å². The van der Waals surface area contributed by atoms with E-state index in [4.69, 9.17) is 10.5 Å². The van der Waals surface area contributed by atoms with Crippen LogP contribution in [0, 0.1) is 5.82 Å². The van der Waals surface area contributed by atoms with Crippen molar-refractivity contribution in [1.82, 2.24) is 0 Å². The smallest absolute Gasteiger partial charge is 0.129 e. The molecule has 0 spiro atoms. The van der Waals surface area contributed by atoms with Gasteiger partial charge in [0, 0.05) is 26.5 Å². The highest BCUT2D eigenvalue weighted by molar-refractivity contribution is 9.10. The molecule has 0 saturated carbocycles. The molecule has 0 fully saturated rings. The summed E-state index contributed by atoms with van der Waals surface area (Å²) in [5.74, 6) is 0.467. The van der Waals surface area contributed by atoms with Crippen molar-refractivity contribution in [3.8, 4) is 5.75 Å². The Labute approximate surface area is 133 Å². The Bertz CT molecular complexity index is 655. The summed E-state index contributed by atoms with van der Waals surface area (Å²) in [5, 5.41) is 0. The van der Waals surface area contributed by atoms with E-state index in [0.29, 0.717) is 16.6 Å². The number of fused-ring (bicyclic) bond motifs is 1. The van der Waals surface area contributed by atoms with E-state index in [2.05, 4.69) is 31.9 Å². The predicted octanol–water partition coefficient (Wildman–Crippen LogP) is 4.33. The van der Waals surface area contributed by atoms with Crippen LogP contribution in [0.5, 0.6) is 5.75 Å². The van der Waals surface area contributed by atoms with Gasteiger partial charge < -0.3 is 10.5 Å². The van der Waals surface area contributed by atoms with Gasteiger partial charge in [-0.25, -0.2) is 4.39 Å². The van der Waals surface area contributed by atoms with Gasteiger partial charge in [0.2, 0.25) is 0 Å². The molecule has 0 aliphatic carbocycles. The van der Waals surface area contributed by atoms with E-state index in [1.807, 2.05) is 12.1 Å². The van der Waals surface area contributed by atoms with E-state index in [9.17, 15) is 4.39 Å². The highest BCUT2D eigenvalue weighted by Gasteiger charge is 2.25. The summed E-state index contributed by atoms with van der Waals surface area (Å²) in [5.41, 5.74) is 8.65. The summed E-state index contributed by atoms with van der Waals surface area (Å²) in [6, 6.07) is 8.20. The maximum atomic E-state index is 14.1. The monoisotopic (exact) mass is 399 g/mol. The Kier molecular flexibility index (Phi) is 3.84. The van der Waals surface area contributed by atoms with Crippen molar-refractivity contribution in [2.45, 2.75) is 12.5 Å². The number of nitrogens with two attached hydrogens (primary N) is 1. The number of hydrogen-bond donors (Lipinski definition) is 1. The van der Waals surface area contributed by atoms with Gasteiger partial charge in [0.15, 0.2) is 0 Å². The first-order valence-corrected chi connectivity index (χ1v) is 7.81. The van der Waals surface area contributed by atoms with Gasteiger partial charge in [-0.05, 0) is 29.8 Å². The summed E-state index contributed by atoms with van der Waals surface area (Å²) >= 11 is 6.85. The molecule has 1 aliphatic heterocycles. The lowest BCUT2D eigenvalue weighted by Crippen LogP contribution is -2.15. The number of hydrogen-bond acceptors (Lipinski definition) is 2. The maximum absolute atomic E-state index is 14.1. The normalized spacial score (nSPS) is 14.8. The Morgan fingerprint density at radius 1 is 1.25 bits per heavy atom. The lowest BCUT2D eigenvalue weighted by molar-refractivity contribution is 0.352. The van der Waals surface area contributed by atoms with Crippen molar-refractivity contribution in [3.05, 3.63) is 61.8 Å². The van der Waals surface area contributed by atoms with Crippen LogP contribution in [0.15, 0.2) is 39.3 Å². The van der Waals surface area contributed by atoms with Crippen LogP contribution < -0.4 is 10.5 Å². The minimum absolute atomic E-state index is 0.321. The maximum Gasteiger partial charge on any atom is 0.129 e. The first-order chi connectivity index (χ1) is 9.58. The van der Waals surface area contributed by atoms with Crippen molar-refractivity contribution < 1.29 is 9.13 Å². The standard InChI is InChI=1S/C15H12Br2FNO/c16-9-6-8-4-5-20-15(8)10(7-9)14(19)13-11(17)2-1-3-12(13)18/h1-3,6-7,14H,4-5,19H2. The molecule has 3 rings (SSSR count). The third-order valence-electron chi connectivity index (χ3n) is 3.42. The Morgan fingerprint density at radius 3 is 2.80 bits per heavy atom. The lowest BCUT2D eigenvalue weighted by Gasteiger charge is -2.18. The lowest BCUT2D eigenvalue weighted by atomic mass is 9.96.